The summed E-state index contributed by atoms with van der Waals surface area (Å²) in [4.78, 5) is 2.48. The maximum absolute atomic E-state index is 5.54. The molecule has 0 saturated carbocycles. The van der Waals surface area contributed by atoms with Crippen LogP contribution >= 0.6 is 0 Å². The smallest absolute Gasteiger partial charge is 0.142 e. The van der Waals surface area contributed by atoms with Gasteiger partial charge in [0.25, 0.3) is 0 Å². The molecule has 2 aliphatic rings. The van der Waals surface area contributed by atoms with Crippen molar-refractivity contribution in [3.63, 3.8) is 0 Å². The molecule has 5 nitrogen and oxygen atoms in total. The van der Waals surface area contributed by atoms with Crippen LogP contribution in [-0.2, 0) is 17.7 Å². The van der Waals surface area contributed by atoms with E-state index in [1.807, 2.05) is 0 Å². The average molecular weight is 305 g/mol. The van der Waals surface area contributed by atoms with Crippen molar-refractivity contribution in [2.45, 2.75) is 19.4 Å². The summed E-state index contributed by atoms with van der Waals surface area (Å²) in [5.41, 5.74) is 3.99. The lowest BCUT2D eigenvalue weighted by atomic mass is 9.98. The second-order valence-electron chi connectivity index (χ2n) is 5.94. The Hall–Kier alpha value is -1.30. The van der Waals surface area contributed by atoms with Gasteiger partial charge in [0.05, 0.1) is 26.0 Å². The fraction of sp³-hybridized carbons (Fsp3) is 0.647. The molecule has 22 heavy (non-hydrogen) atoms. The molecule has 122 valence electrons. The van der Waals surface area contributed by atoms with Crippen molar-refractivity contribution in [3.8, 4) is 5.75 Å². The predicted octanol–water partition coefficient (Wildman–Crippen LogP) is 1.48. The fourth-order valence-corrected chi connectivity index (χ4v) is 3.25. The topological polar surface area (TPSA) is 45.8 Å². The van der Waals surface area contributed by atoms with E-state index in [2.05, 4.69) is 27.7 Å². The van der Waals surface area contributed by atoms with Gasteiger partial charge in [0.15, 0.2) is 0 Å². The number of ether oxygens (including phenoxy) is 2. The highest BCUT2D eigenvalue weighted by atomic mass is 16.5. The number of hydrogen-bond acceptors (Lipinski definition) is 5. The van der Waals surface area contributed by atoms with E-state index in [-0.39, 0.29) is 0 Å². The molecule has 0 atom stereocenters. The Morgan fingerprint density at radius 3 is 3.00 bits per heavy atom. The van der Waals surface area contributed by atoms with E-state index in [0.29, 0.717) is 0 Å². The van der Waals surface area contributed by atoms with E-state index in [1.54, 1.807) is 7.11 Å². The van der Waals surface area contributed by atoms with Crippen molar-refractivity contribution in [3.05, 3.63) is 23.3 Å². The fourth-order valence-electron chi connectivity index (χ4n) is 3.25. The molecule has 1 aromatic rings. The highest BCUT2D eigenvalue weighted by Crippen LogP contribution is 2.32. The standard InChI is InChI=1S/C17H27N3O2/c1-21-16-4-3-14-5-7-18-13-15(14)17(16)19-6-2-8-20-9-11-22-12-10-20/h3-4,18-19H,2,5-13H2,1H3. The van der Waals surface area contributed by atoms with Crippen molar-refractivity contribution in [1.29, 1.82) is 0 Å². The summed E-state index contributed by atoms with van der Waals surface area (Å²) in [5.74, 6) is 0.953. The number of rotatable bonds is 6. The molecule has 0 amide bonds. The molecule has 1 aromatic carbocycles. The van der Waals surface area contributed by atoms with Gasteiger partial charge in [-0.25, -0.2) is 0 Å². The van der Waals surface area contributed by atoms with E-state index >= 15 is 0 Å². The van der Waals surface area contributed by atoms with E-state index in [0.717, 1.165) is 71.1 Å². The molecule has 0 bridgehead atoms. The summed E-state index contributed by atoms with van der Waals surface area (Å²) in [5, 5.41) is 7.07. The van der Waals surface area contributed by atoms with Gasteiger partial charge in [-0.1, -0.05) is 6.07 Å². The normalized spacial score (nSPS) is 18.8. The Labute approximate surface area is 133 Å². The van der Waals surface area contributed by atoms with Crippen LogP contribution in [0.4, 0.5) is 5.69 Å². The third-order valence-corrected chi connectivity index (χ3v) is 4.52. The maximum atomic E-state index is 5.54. The van der Waals surface area contributed by atoms with Crippen LogP contribution in [0.1, 0.15) is 17.5 Å². The van der Waals surface area contributed by atoms with Crippen molar-refractivity contribution >= 4 is 5.69 Å². The van der Waals surface area contributed by atoms with Crippen molar-refractivity contribution in [1.82, 2.24) is 10.2 Å². The number of anilines is 1. The minimum Gasteiger partial charge on any atom is -0.495 e. The number of morpholine rings is 1. The molecular formula is C17H27N3O2. The van der Waals surface area contributed by atoms with E-state index in [9.17, 15) is 0 Å². The zero-order valence-electron chi connectivity index (χ0n) is 13.5. The van der Waals surface area contributed by atoms with E-state index < -0.39 is 0 Å². The highest BCUT2D eigenvalue weighted by molar-refractivity contribution is 5.65. The van der Waals surface area contributed by atoms with Crippen molar-refractivity contribution < 1.29 is 9.47 Å². The Bertz CT molecular complexity index is 487. The van der Waals surface area contributed by atoms with Crippen molar-refractivity contribution in [2.75, 3.05) is 58.4 Å². The van der Waals surface area contributed by atoms with Gasteiger partial charge in [-0.05, 0) is 43.1 Å². The molecule has 0 aliphatic carbocycles. The molecule has 2 heterocycles. The molecule has 0 radical (unpaired) electrons. The number of nitrogens with zero attached hydrogens (tertiary/aromatic N) is 1. The quantitative estimate of drug-likeness (QED) is 0.780. The second kappa shape index (κ2) is 7.81. The molecule has 2 N–H and O–H groups in total. The first kappa shape index (κ1) is 15.6. The second-order valence-corrected chi connectivity index (χ2v) is 5.94. The molecule has 2 aliphatic heterocycles. The average Bonchev–Trinajstić information content (AvgIpc) is 2.59. The summed E-state index contributed by atoms with van der Waals surface area (Å²) >= 11 is 0. The van der Waals surface area contributed by atoms with Crippen LogP contribution in [0.15, 0.2) is 12.1 Å². The van der Waals surface area contributed by atoms with Crippen LogP contribution < -0.4 is 15.4 Å². The third kappa shape index (κ3) is 3.72. The van der Waals surface area contributed by atoms with Crippen LogP contribution in [0.25, 0.3) is 0 Å². The summed E-state index contributed by atoms with van der Waals surface area (Å²) in [6, 6.07) is 4.29. The van der Waals surface area contributed by atoms with Crippen LogP contribution in [0, 0.1) is 0 Å². The predicted molar refractivity (Wildman–Crippen MR) is 88.8 cm³/mol. The molecule has 1 saturated heterocycles. The lowest BCUT2D eigenvalue weighted by Gasteiger charge is -2.27. The van der Waals surface area contributed by atoms with Crippen LogP contribution in [0.5, 0.6) is 5.75 Å². The first-order valence-electron chi connectivity index (χ1n) is 8.32. The zero-order chi connectivity index (χ0) is 15.2. The number of methoxy groups -OCH3 is 1. The molecule has 0 unspecified atom stereocenters. The van der Waals surface area contributed by atoms with Gasteiger partial charge < -0.3 is 20.1 Å². The maximum Gasteiger partial charge on any atom is 0.142 e. The summed E-state index contributed by atoms with van der Waals surface area (Å²) in [7, 11) is 1.75. The number of nitrogens with one attached hydrogen (secondary N) is 2. The largest absolute Gasteiger partial charge is 0.495 e. The minimum atomic E-state index is 0.874. The Morgan fingerprint density at radius 2 is 2.18 bits per heavy atom. The Morgan fingerprint density at radius 1 is 1.32 bits per heavy atom. The molecule has 3 rings (SSSR count). The van der Waals surface area contributed by atoms with Crippen LogP contribution in [-0.4, -0.2) is 57.9 Å². The first-order chi connectivity index (χ1) is 10.9. The van der Waals surface area contributed by atoms with Gasteiger partial charge >= 0.3 is 0 Å². The summed E-state index contributed by atoms with van der Waals surface area (Å²) in [6.07, 6.45) is 2.24. The minimum absolute atomic E-state index is 0.874. The van der Waals surface area contributed by atoms with E-state index in [1.165, 1.54) is 16.8 Å². The lowest BCUT2D eigenvalue weighted by molar-refractivity contribution is 0.0378. The zero-order valence-corrected chi connectivity index (χ0v) is 13.5. The number of hydrogen-bond donors (Lipinski definition) is 2. The van der Waals surface area contributed by atoms with Gasteiger partial charge in [0.2, 0.25) is 0 Å². The third-order valence-electron chi connectivity index (χ3n) is 4.52. The molecule has 0 aromatic heterocycles. The van der Waals surface area contributed by atoms with Crippen LogP contribution in [0.3, 0.4) is 0 Å². The lowest BCUT2D eigenvalue weighted by Crippen LogP contribution is -2.37. The first-order valence-corrected chi connectivity index (χ1v) is 8.32. The summed E-state index contributed by atoms with van der Waals surface area (Å²) < 4.78 is 10.9. The van der Waals surface area contributed by atoms with Gasteiger partial charge in [-0.3, -0.25) is 4.90 Å². The monoisotopic (exact) mass is 305 g/mol. The number of fused-ring (bicyclic) bond motifs is 1. The molecule has 1 fully saturated rings. The molecular weight excluding hydrogens is 278 g/mol. The van der Waals surface area contributed by atoms with Crippen molar-refractivity contribution in [2.24, 2.45) is 0 Å². The van der Waals surface area contributed by atoms with Crippen LogP contribution in [0.2, 0.25) is 0 Å². The van der Waals surface area contributed by atoms with Gasteiger partial charge in [-0.15, -0.1) is 0 Å². The summed E-state index contributed by atoms with van der Waals surface area (Å²) in [6.45, 7) is 7.98. The number of benzene rings is 1. The van der Waals surface area contributed by atoms with Gasteiger partial charge in [-0.2, -0.15) is 0 Å². The Balaban J connectivity index is 1.56. The highest BCUT2D eigenvalue weighted by Gasteiger charge is 2.16. The van der Waals surface area contributed by atoms with Gasteiger partial charge in [0, 0.05) is 26.2 Å². The molecule has 0 spiro atoms. The van der Waals surface area contributed by atoms with Gasteiger partial charge in [0.1, 0.15) is 5.75 Å². The Kier molecular flexibility index (Phi) is 5.53. The molecule has 5 heteroatoms. The SMILES string of the molecule is COc1ccc2c(c1NCCCN1CCOCC1)CNCC2. The van der Waals surface area contributed by atoms with E-state index in [4.69, 9.17) is 9.47 Å².